The van der Waals surface area contributed by atoms with Crippen LogP contribution in [0.4, 0.5) is 5.69 Å². The molecular formula is C14H18N4O. The molecule has 1 N–H and O–H groups in total. The number of nitriles is 1. The van der Waals surface area contributed by atoms with Crippen LogP contribution in [0, 0.1) is 11.3 Å². The molecule has 1 aliphatic heterocycles. The summed E-state index contributed by atoms with van der Waals surface area (Å²) in [7, 11) is 1.75. The highest BCUT2D eigenvalue weighted by Gasteiger charge is 2.17. The van der Waals surface area contributed by atoms with Crippen LogP contribution >= 0.6 is 0 Å². The Bertz CT molecular complexity index is 488. The summed E-state index contributed by atoms with van der Waals surface area (Å²) >= 11 is 0. The topological polar surface area (TPSA) is 59.4 Å². The molecule has 19 heavy (non-hydrogen) atoms. The van der Waals surface area contributed by atoms with Crippen molar-refractivity contribution in [2.45, 2.75) is 0 Å². The molecule has 2 rings (SSSR count). The summed E-state index contributed by atoms with van der Waals surface area (Å²) in [5.74, 6) is 0.0528. The van der Waals surface area contributed by atoms with Crippen LogP contribution in [0.5, 0.6) is 0 Å². The van der Waals surface area contributed by atoms with E-state index < -0.39 is 0 Å². The Hall–Kier alpha value is -1.90. The number of rotatable bonds is 3. The molecule has 1 aromatic rings. The van der Waals surface area contributed by atoms with Crippen LogP contribution in [-0.4, -0.2) is 50.6 Å². The fraction of sp³-hybridized carbons (Fsp3) is 0.429. The van der Waals surface area contributed by atoms with Crippen LogP contribution < -0.4 is 10.2 Å². The third-order valence-electron chi connectivity index (χ3n) is 3.31. The fourth-order valence-corrected chi connectivity index (χ4v) is 2.09. The Morgan fingerprint density at radius 2 is 2.21 bits per heavy atom. The highest BCUT2D eigenvalue weighted by molar-refractivity contribution is 5.94. The Balaban J connectivity index is 1.99. The summed E-state index contributed by atoms with van der Waals surface area (Å²) in [5, 5.41) is 12.1. The summed E-state index contributed by atoms with van der Waals surface area (Å²) in [6.45, 7) is 4.09. The number of nitrogens with one attached hydrogen (secondary N) is 1. The van der Waals surface area contributed by atoms with Gasteiger partial charge < -0.3 is 10.2 Å². The van der Waals surface area contributed by atoms with Gasteiger partial charge in [0.05, 0.1) is 18.2 Å². The van der Waals surface area contributed by atoms with Gasteiger partial charge in [0, 0.05) is 38.9 Å². The number of carbonyl (C=O) groups is 1. The van der Waals surface area contributed by atoms with Gasteiger partial charge in [0.25, 0.3) is 0 Å². The molecule has 0 saturated carbocycles. The van der Waals surface area contributed by atoms with E-state index in [2.05, 4.69) is 16.3 Å². The van der Waals surface area contributed by atoms with Crippen molar-refractivity contribution in [1.29, 1.82) is 5.26 Å². The molecule has 0 aliphatic carbocycles. The van der Waals surface area contributed by atoms with Crippen LogP contribution in [0.25, 0.3) is 0 Å². The maximum absolute atomic E-state index is 12.2. The van der Waals surface area contributed by atoms with Crippen LogP contribution in [0.1, 0.15) is 5.56 Å². The molecule has 1 saturated heterocycles. The number of piperazine rings is 1. The van der Waals surface area contributed by atoms with Crippen molar-refractivity contribution in [3.05, 3.63) is 29.8 Å². The molecule has 0 spiro atoms. The normalized spacial score (nSPS) is 15.8. The maximum atomic E-state index is 12.2. The first-order valence-electron chi connectivity index (χ1n) is 6.40. The summed E-state index contributed by atoms with van der Waals surface area (Å²) in [6, 6.07) is 9.19. The lowest BCUT2D eigenvalue weighted by molar-refractivity contribution is -0.119. The van der Waals surface area contributed by atoms with Gasteiger partial charge in [0.2, 0.25) is 5.91 Å². The molecule has 0 aromatic heterocycles. The van der Waals surface area contributed by atoms with E-state index in [0.717, 1.165) is 31.9 Å². The smallest absolute Gasteiger partial charge is 0.240 e. The van der Waals surface area contributed by atoms with Gasteiger partial charge in [-0.2, -0.15) is 5.26 Å². The van der Waals surface area contributed by atoms with Crippen LogP contribution in [0.3, 0.4) is 0 Å². The number of hydrogen-bond acceptors (Lipinski definition) is 4. The van der Waals surface area contributed by atoms with Crippen molar-refractivity contribution in [2.75, 3.05) is 44.7 Å². The van der Waals surface area contributed by atoms with E-state index in [1.165, 1.54) is 0 Å². The first-order valence-corrected chi connectivity index (χ1v) is 6.40. The number of anilines is 1. The quantitative estimate of drug-likeness (QED) is 0.854. The lowest BCUT2D eigenvalue weighted by atomic mass is 10.2. The minimum absolute atomic E-state index is 0.0528. The molecule has 5 nitrogen and oxygen atoms in total. The van der Waals surface area contributed by atoms with Crippen molar-refractivity contribution in [3.63, 3.8) is 0 Å². The molecule has 1 fully saturated rings. The first-order chi connectivity index (χ1) is 9.20. The van der Waals surface area contributed by atoms with Gasteiger partial charge >= 0.3 is 0 Å². The number of nitrogens with zero attached hydrogens (tertiary/aromatic N) is 3. The van der Waals surface area contributed by atoms with E-state index in [0.29, 0.717) is 12.1 Å². The summed E-state index contributed by atoms with van der Waals surface area (Å²) in [4.78, 5) is 15.9. The summed E-state index contributed by atoms with van der Waals surface area (Å²) < 4.78 is 0. The van der Waals surface area contributed by atoms with E-state index in [9.17, 15) is 4.79 Å². The Labute approximate surface area is 113 Å². The Morgan fingerprint density at radius 3 is 2.89 bits per heavy atom. The van der Waals surface area contributed by atoms with Gasteiger partial charge in [-0.25, -0.2) is 0 Å². The second-order valence-electron chi connectivity index (χ2n) is 4.64. The summed E-state index contributed by atoms with van der Waals surface area (Å²) in [6.07, 6.45) is 0. The Morgan fingerprint density at radius 1 is 1.47 bits per heavy atom. The van der Waals surface area contributed by atoms with Gasteiger partial charge in [0.15, 0.2) is 0 Å². The van der Waals surface area contributed by atoms with Crippen molar-refractivity contribution in [2.24, 2.45) is 0 Å². The van der Waals surface area contributed by atoms with Gasteiger partial charge in [-0.15, -0.1) is 0 Å². The molecule has 0 unspecified atom stereocenters. The van der Waals surface area contributed by atoms with E-state index in [1.807, 2.05) is 6.07 Å². The monoisotopic (exact) mass is 258 g/mol. The molecule has 0 radical (unpaired) electrons. The average Bonchev–Trinajstić information content (AvgIpc) is 2.47. The number of amides is 1. The zero-order valence-corrected chi connectivity index (χ0v) is 11.1. The van der Waals surface area contributed by atoms with E-state index >= 15 is 0 Å². The number of hydrogen-bond donors (Lipinski definition) is 1. The highest BCUT2D eigenvalue weighted by atomic mass is 16.2. The maximum Gasteiger partial charge on any atom is 0.240 e. The van der Waals surface area contributed by atoms with Crippen molar-refractivity contribution in [1.82, 2.24) is 10.2 Å². The molecule has 1 amide bonds. The van der Waals surface area contributed by atoms with Crippen molar-refractivity contribution in [3.8, 4) is 6.07 Å². The third-order valence-corrected chi connectivity index (χ3v) is 3.31. The molecule has 100 valence electrons. The molecule has 1 aliphatic rings. The van der Waals surface area contributed by atoms with Gasteiger partial charge in [-0.3, -0.25) is 9.69 Å². The average molecular weight is 258 g/mol. The van der Waals surface area contributed by atoms with E-state index in [4.69, 9.17) is 5.26 Å². The van der Waals surface area contributed by atoms with Gasteiger partial charge in [-0.1, -0.05) is 6.07 Å². The fourth-order valence-electron chi connectivity index (χ4n) is 2.09. The first kappa shape index (κ1) is 13.5. The third kappa shape index (κ3) is 3.53. The summed E-state index contributed by atoms with van der Waals surface area (Å²) in [5.41, 5.74) is 1.33. The van der Waals surface area contributed by atoms with E-state index in [-0.39, 0.29) is 5.91 Å². The van der Waals surface area contributed by atoms with Crippen molar-refractivity contribution < 1.29 is 4.79 Å². The highest BCUT2D eigenvalue weighted by Crippen LogP contribution is 2.14. The van der Waals surface area contributed by atoms with Crippen LogP contribution in [0.2, 0.25) is 0 Å². The lowest BCUT2D eigenvalue weighted by Crippen LogP contribution is -2.47. The largest absolute Gasteiger partial charge is 0.314 e. The minimum atomic E-state index is 0.0528. The second-order valence-corrected chi connectivity index (χ2v) is 4.64. The lowest BCUT2D eigenvalue weighted by Gasteiger charge is -2.28. The van der Waals surface area contributed by atoms with Gasteiger partial charge in [0.1, 0.15) is 0 Å². The zero-order chi connectivity index (χ0) is 13.7. The SMILES string of the molecule is CN(C(=O)CN1CCNCC1)c1cccc(C#N)c1. The molecule has 0 atom stereocenters. The zero-order valence-electron chi connectivity index (χ0n) is 11.1. The molecular weight excluding hydrogens is 240 g/mol. The number of carbonyl (C=O) groups excluding carboxylic acids is 1. The van der Waals surface area contributed by atoms with Crippen LogP contribution in [-0.2, 0) is 4.79 Å². The number of likely N-dealkylation sites (N-methyl/N-ethyl adjacent to an activating group) is 1. The predicted molar refractivity (Wildman–Crippen MR) is 73.9 cm³/mol. The molecule has 1 heterocycles. The molecule has 5 heteroatoms. The second kappa shape index (κ2) is 6.32. The van der Waals surface area contributed by atoms with Crippen LogP contribution in [0.15, 0.2) is 24.3 Å². The van der Waals surface area contributed by atoms with Crippen molar-refractivity contribution >= 4 is 11.6 Å². The predicted octanol–water partition coefficient (Wildman–Crippen LogP) is 0.426. The van der Waals surface area contributed by atoms with E-state index in [1.54, 1.807) is 30.1 Å². The number of benzene rings is 1. The molecule has 1 aromatic carbocycles. The minimum Gasteiger partial charge on any atom is -0.314 e. The molecule has 0 bridgehead atoms. The Kier molecular flexibility index (Phi) is 4.50. The standard InChI is InChI=1S/C14H18N4O/c1-17(13-4-2-3-12(9-13)10-15)14(19)11-18-7-5-16-6-8-18/h2-4,9,16H,5-8,11H2,1H3. The van der Waals surface area contributed by atoms with Gasteiger partial charge in [-0.05, 0) is 18.2 Å².